The number of hydrogen-bond acceptors (Lipinski definition) is 3. The van der Waals surface area contributed by atoms with Gasteiger partial charge in [-0.15, -0.1) is 0 Å². The van der Waals surface area contributed by atoms with E-state index in [1.807, 2.05) is 24.3 Å². The molecule has 0 aliphatic carbocycles. The lowest BCUT2D eigenvalue weighted by Crippen LogP contribution is -2.12. The van der Waals surface area contributed by atoms with Crippen LogP contribution in [0.2, 0.25) is 0 Å². The summed E-state index contributed by atoms with van der Waals surface area (Å²) in [4.78, 5) is 0.0835. The zero-order valence-electron chi connectivity index (χ0n) is 14.8. The molecule has 1 aliphatic rings. The number of sulfonamides is 1. The average molecular weight is 377 g/mol. The van der Waals surface area contributed by atoms with Gasteiger partial charge in [0.15, 0.2) is 0 Å². The van der Waals surface area contributed by atoms with Crippen molar-refractivity contribution < 1.29 is 13.2 Å². The maximum Gasteiger partial charge on any atom is 0.238 e. The van der Waals surface area contributed by atoms with Gasteiger partial charge >= 0.3 is 0 Å². The molecule has 4 rings (SSSR count). The van der Waals surface area contributed by atoms with E-state index in [-0.39, 0.29) is 4.90 Å². The van der Waals surface area contributed by atoms with Crippen molar-refractivity contribution in [3.8, 4) is 5.75 Å². The van der Waals surface area contributed by atoms with Crippen molar-refractivity contribution in [3.63, 3.8) is 0 Å². The summed E-state index contributed by atoms with van der Waals surface area (Å²) in [5.41, 5.74) is 5.27. The Labute approximate surface area is 159 Å². The molecule has 1 aliphatic heterocycles. The van der Waals surface area contributed by atoms with Gasteiger partial charge in [-0.3, -0.25) is 0 Å². The molecule has 0 aromatic heterocycles. The molecule has 0 saturated carbocycles. The molecule has 2 N–H and O–H groups in total. The van der Waals surface area contributed by atoms with Gasteiger partial charge in [-0.1, -0.05) is 48.0 Å². The van der Waals surface area contributed by atoms with Crippen molar-refractivity contribution >= 4 is 21.4 Å². The Balaban J connectivity index is 1.87. The summed E-state index contributed by atoms with van der Waals surface area (Å²) >= 11 is 0. The minimum atomic E-state index is -3.73. The van der Waals surface area contributed by atoms with E-state index in [0.29, 0.717) is 0 Å². The average Bonchev–Trinajstić information content (AvgIpc) is 2.66. The Bertz CT molecular complexity index is 1150. The molecule has 136 valence electrons. The zero-order chi connectivity index (χ0) is 19.0. The van der Waals surface area contributed by atoms with Gasteiger partial charge in [-0.05, 0) is 48.4 Å². The number of para-hydroxylation sites is 1. The van der Waals surface area contributed by atoms with Crippen LogP contribution < -0.4 is 9.88 Å². The summed E-state index contributed by atoms with van der Waals surface area (Å²) < 4.78 is 29.3. The monoisotopic (exact) mass is 377 g/mol. The van der Waals surface area contributed by atoms with Crippen LogP contribution in [0.15, 0.2) is 77.7 Å². The Morgan fingerprint density at radius 3 is 2.33 bits per heavy atom. The molecular weight excluding hydrogens is 358 g/mol. The number of rotatable bonds is 3. The van der Waals surface area contributed by atoms with Crippen molar-refractivity contribution in [2.24, 2.45) is 5.14 Å². The van der Waals surface area contributed by atoms with E-state index in [9.17, 15) is 8.42 Å². The van der Waals surface area contributed by atoms with Crippen LogP contribution in [0.25, 0.3) is 11.3 Å². The Kier molecular flexibility index (Phi) is 4.34. The summed E-state index contributed by atoms with van der Waals surface area (Å²) in [6.07, 6.45) is 0.742. The van der Waals surface area contributed by atoms with Crippen molar-refractivity contribution in [2.75, 3.05) is 0 Å². The van der Waals surface area contributed by atoms with Gasteiger partial charge in [0.2, 0.25) is 10.0 Å². The number of benzene rings is 3. The number of hydrogen-bond donors (Lipinski definition) is 1. The fourth-order valence-electron chi connectivity index (χ4n) is 3.29. The van der Waals surface area contributed by atoms with Crippen LogP contribution in [-0.4, -0.2) is 8.42 Å². The Morgan fingerprint density at radius 2 is 1.63 bits per heavy atom. The van der Waals surface area contributed by atoms with E-state index in [2.05, 4.69) is 31.2 Å². The van der Waals surface area contributed by atoms with Crippen LogP contribution >= 0.6 is 0 Å². The lowest BCUT2D eigenvalue weighted by atomic mass is 9.91. The predicted molar refractivity (Wildman–Crippen MR) is 107 cm³/mol. The maximum absolute atomic E-state index is 11.5. The second-order valence-corrected chi connectivity index (χ2v) is 8.19. The standard InChI is InChI=1S/C22H19NO3S/c1-15-5-4-7-17(13-15)20-14-18-6-2-3-8-21(18)26-22(20)16-9-11-19(12-10-16)27(23,24)25/h2-13H,14H2,1H3,(H2,23,24,25). The third-order valence-electron chi connectivity index (χ3n) is 4.64. The second-order valence-electron chi connectivity index (χ2n) is 6.63. The maximum atomic E-state index is 11.5. The molecule has 1 heterocycles. The first-order chi connectivity index (χ1) is 12.9. The minimum Gasteiger partial charge on any atom is -0.456 e. The number of aryl methyl sites for hydroxylation is 1. The topological polar surface area (TPSA) is 69.4 Å². The number of nitrogens with two attached hydrogens (primary N) is 1. The SMILES string of the molecule is Cc1cccc(C2=C(c3ccc(S(N)(=O)=O)cc3)Oc3ccccc3C2)c1. The van der Waals surface area contributed by atoms with Crippen LogP contribution in [0, 0.1) is 6.92 Å². The quantitative estimate of drug-likeness (QED) is 0.746. The highest BCUT2D eigenvalue weighted by atomic mass is 32.2. The largest absolute Gasteiger partial charge is 0.456 e. The van der Waals surface area contributed by atoms with Gasteiger partial charge in [0, 0.05) is 17.6 Å². The molecule has 0 saturated heterocycles. The molecule has 0 bridgehead atoms. The molecule has 5 heteroatoms. The van der Waals surface area contributed by atoms with Gasteiger partial charge in [-0.2, -0.15) is 0 Å². The molecule has 27 heavy (non-hydrogen) atoms. The van der Waals surface area contributed by atoms with E-state index < -0.39 is 10.0 Å². The second kappa shape index (κ2) is 6.68. The number of fused-ring (bicyclic) bond motifs is 1. The Hall–Kier alpha value is -2.89. The van der Waals surface area contributed by atoms with Crippen LogP contribution in [0.1, 0.15) is 22.3 Å². The highest BCUT2D eigenvalue weighted by molar-refractivity contribution is 7.89. The smallest absolute Gasteiger partial charge is 0.238 e. The molecule has 0 spiro atoms. The molecule has 0 unspecified atom stereocenters. The zero-order valence-corrected chi connectivity index (χ0v) is 15.7. The first-order valence-corrected chi connectivity index (χ1v) is 10.2. The molecule has 0 amide bonds. The molecule has 0 fully saturated rings. The van der Waals surface area contributed by atoms with Crippen LogP contribution in [0.4, 0.5) is 0 Å². The molecule has 3 aromatic rings. The highest BCUT2D eigenvalue weighted by Gasteiger charge is 2.22. The van der Waals surface area contributed by atoms with E-state index >= 15 is 0 Å². The molecular formula is C22H19NO3S. The summed E-state index contributed by atoms with van der Waals surface area (Å²) in [6, 6.07) is 22.7. The molecule has 0 atom stereocenters. The lowest BCUT2D eigenvalue weighted by Gasteiger charge is -2.24. The van der Waals surface area contributed by atoms with E-state index in [1.54, 1.807) is 12.1 Å². The molecule has 4 nitrogen and oxygen atoms in total. The number of allylic oxidation sites excluding steroid dienone is 1. The number of primary sulfonamides is 1. The summed E-state index contributed by atoms with van der Waals surface area (Å²) in [5, 5.41) is 5.21. The molecule has 3 aromatic carbocycles. The fourth-order valence-corrected chi connectivity index (χ4v) is 3.80. The molecule has 0 radical (unpaired) electrons. The third-order valence-corrected chi connectivity index (χ3v) is 5.57. The Morgan fingerprint density at radius 1 is 0.889 bits per heavy atom. The first-order valence-electron chi connectivity index (χ1n) is 8.61. The summed E-state index contributed by atoms with van der Waals surface area (Å²) in [6.45, 7) is 2.06. The highest BCUT2D eigenvalue weighted by Crippen LogP contribution is 2.39. The van der Waals surface area contributed by atoms with Crippen molar-refractivity contribution in [1.82, 2.24) is 0 Å². The van der Waals surface area contributed by atoms with E-state index in [0.717, 1.165) is 40.2 Å². The van der Waals surface area contributed by atoms with Gasteiger partial charge in [-0.25, -0.2) is 13.6 Å². The summed E-state index contributed by atoms with van der Waals surface area (Å²) in [5.74, 6) is 1.56. The van der Waals surface area contributed by atoms with Crippen molar-refractivity contribution in [2.45, 2.75) is 18.2 Å². The summed E-state index contributed by atoms with van der Waals surface area (Å²) in [7, 11) is -3.73. The van der Waals surface area contributed by atoms with Crippen LogP contribution in [0.3, 0.4) is 0 Å². The van der Waals surface area contributed by atoms with Crippen molar-refractivity contribution in [3.05, 3.63) is 95.1 Å². The minimum absolute atomic E-state index is 0.0835. The van der Waals surface area contributed by atoms with E-state index in [4.69, 9.17) is 9.88 Å². The van der Waals surface area contributed by atoms with Gasteiger partial charge in [0.25, 0.3) is 0 Å². The predicted octanol–water partition coefficient (Wildman–Crippen LogP) is 4.15. The lowest BCUT2D eigenvalue weighted by molar-refractivity contribution is 0.502. The van der Waals surface area contributed by atoms with E-state index in [1.165, 1.54) is 17.7 Å². The van der Waals surface area contributed by atoms with Crippen molar-refractivity contribution in [1.29, 1.82) is 0 Å². The fraction of sp³-hybridized carbons (Fsp3) is 0.0909. The first kappa shape index (κ1) is 17.5. The van der Waals surface area contributed by atoms with Gasteiger partial charge in [0.1, 0.15) is 11.5 Å². The third kappa shape index (κ3) is 3.52. The normalized spacial score (nSPS) is 13.9. The number of ether oxygens (including phenoxy) is 1. The van der Waals surface area contributed by atoms with Gasteiger partial charge in [0.05, 0.1) is 4.90 Å². The van der Waals surface area contributed by atoms with Crippen LogP contribution in [-0.2, 0) is 16.4 Å². The van der Waals surface area contributed by atoms with Gasteiger partial charge < -0.3 is 4.74 Å². The van der Waals surface area contributed by atoms with Crippen LogP contribution in [0.5, 0.6) is 5.75 Å².